The van der Waals surface area contributed by atoms with Crippen LogP contribution in [-0.4, -0.2) is 46.5 Å². The van der Waals surface area contributed by atoms with Crippen LogP contribution in [0.5, 0.6) is 0 Å². The number of anilines is 1. The van der Waals surface area contributed by atoms with E-state index in [2.05, 4.69) is 36.9 Å². The third-order valence-corrected chi connectivity index (χ3v) is 6.13. The van der Waals surface area contributed by atoms with Crippen LogP contribution in [0.15, 0.2) is 18.2 Å². The molecule has 5 rings (SSSR count). The molecule has 2 saturated heterocycles. The standard InChI is InChI=1S/C22H20F3N5O/c23-12-18-21(30-8-5-22(6-9-30)7-10-31-13-22)27-20-19(26-18)17(28-29-20)4-2-14-1-3-15(24)11-16(14)25/h1,3,11H,5-10,12-13H2,(H,27,28,29). The van der Waals surface area contributed by atoms with Gasteiger partial charge in [-0.1, -0.05) is 5.92 Å². The number of piperidine rings is 1. The van der Waals surface area contributed by atoms with Gasteiger partial charge >= 0.3 is 0 Å². The molecule has 9 heteroatoms. The van der Waals surface area contributed by atoms with Crippen molar-refractivity contribution in [3.8, 4) is 11.8 Å². The Balaban J connectivity index is 1.44. The molecule has 0 unspecified atom stereocenters. The lowest BCUT2D eigenvalue weighted by Crippen LogP contribution is -2.41. The molecule has 1 spiro atoms. The summed E-state index contributed by atoms with van der Waals surface area (Å²) in [7, 11) is 0. The van der Waals surface area contributed by atoms with Crippen LogP contribution in [0.3, 0.4) is 0 Å². The van der Waals surface area contributed by atoms with E-state index >= 15 is 0 Å². The molecule has 160 valence electrons. The number of ether oxygens (including phenoxy) is 1. The number of hydrogen-bond donors (Lipinski definition) is 1. The SMILES string of the molecule is FCc1nc2c(C#Cc3ccc(F)cc3F)n[nH]c2nc1N1CCC2(CCOC2)CC1. The highest BCUT2D eigenvalue weighted by atomic mass is 19.1. The van der Waals surface area contributed by atoms with E-state index in [0.29, 0.717) is 17.0 Å². The number of H-pyrrole nitrogens is 1. The Morgan fingerprint density at radius 3 is 2.68 bits per heavy atom. The van der Waals surface area contributed by atoms with Crippen LogP contribution in [0, 0.1) is 28.9 Å². The maximum atomic E-state index is 13.8. The van der Waals surface area contributed by atoms with Gasteiger partial charge in [0.1, 0.15) is 29.5 Å². The summed E-state index contributed by atoms with van der Waals surface area (Å²) in [6.07, 6.45) is 3.02. The fourth-order valence-corrected chi connectivity index (χ4v) is 4.25. The fourth-order valence-electron chi connectivity index (χ4n) is 4.25. The topological polar surface area (TPSA) is 66.9 Å². The van der Waals surface area contributed by atoms with Gasteiger partial charge in [0.15, 0.2) is 17.2 Å². The number of nitrogens with one attached hydrogen (secondary N) is 1. The van der Waals surface area contributed by atoms with Crippen molar-refractivity contribution in [2.45, 2.75) is 25.9 Å². The zero-order valence-corrected chi connectivity index (χ0v) is 16.7. The number of aromatic nitrogens is 4. The Morgan fingerprint density at radius 1 is 1.13 bits per heavy atom. The lowest BCUT2D eigenvalue weighted by atomic mass is 9.78. The Kier molecular flexibility index (Phi) is 5.02. The van der Waals surface area contributed by atoms with Crippen LogP contribution in [0.2, 0.25) is 0 Å². The number of halogens is 3. The van der Waals surface area contributed by atoms with Gasteiger partial charge in [-0.25, -0.2) is 23.1 Å². The van der Waals surface area contributed by atoms with E-state index in [-0.39, 0.29) is 22.4 Å². The third kappa shape index (κ3) is 3.72. The van der Waals surface area contributed by atoms with E-state index in [0.717, 1.165) is 57.7 Å². The molecule has 0 radical (unpaired) electrons. The van der Waals surface area contributed by atoms with Gasteiger partial charge in [0.25, 0.3) is 0 Å². The average Bonchev–Trinajstić information content (AvgIpc) is 3.39. The van der Waals surface area contributed by atoms with E-state index in [1.165, 1.54) is 6.07 Å². The van der Waals surface area contributed by atoms with Gasteiger partial charge in [0, 0.05) is 25.8 Å². The van der Waals surface area contributed by atoms with Gasteiger partial charge in [-0.3, -0.25) is 5.10 Å². The normalized spacial score (nSPS) is 17.8. The highest BCUT2D eigenvalue weighted by Gasteiger charge is 2.38. The van der Waals surface area contributed by atoms with Crippen LogP contribution in [0.4, 0.5) is 19.0 Å². The van der Waals surface area contributed by atoms with E-state index in [1.807, 2.05) is 0 Å². The largest absolute Gasteiger partial charge is 0.381 e. The molecule has 1 aromatic carbocycles. The van der Waals surface area contributed by atoms with E-state index in [9.17, 15) is 13.2 Å². The second-order valence-electron chi connectivity index (χ2n) is 8.06. The predicted octanol–water partition coefficient (Wildman–Crippen LogP) is 3.51. The van der Waals surface area contributed by atoms with Gasteiger partial charge in [-0.05, 0) is 42.7 Å². The molecular formula is C22H20F3N5O. The molecule has 0 amide bonds. The number of alkyl halides is 1. The van der Waals surface area contributed by atoms with Crippen molar-refractivity contribution in [1.82, 2.24) is 20.2 Å². The minimum absolute atomic E-state index is 0.0333. The van der Waals surface area contributed by atoms with Crippen LogP contribution >= 0.6 is 0 Å². The molecule has 2 aliphatic heterocycles. The molecule has 0 saturated carbocycles. The number of aromatic amines is 1. The number of hydrogen-bond acceptors (Lipinski definition) is 5. The molecule has 4 heterocycles. The lowest BCUT2D eigenvalue weighted by molar-refractivity contribution is 0.133. The second-order valence-corrected chi connectivity index (χ2v) is 8.06. The number of benzene rings is 1. The molecule has 2 aromatic heterocycles. The molecule has 1 N–H and O–H groups in total. The van der Waals surface area contributed by atoms with E-state index in [4.69, 9.17) is 4.74 Å². The van der Waals surface area contributed by atoms with Crippen molar-refractivity contribution in [3.05, 3.63) is 46.8 Å². The first-order valence-electron chi connectivity index (χ1n) is 10.2. The third-order valence-electron chi connectivity index (χ3n) is 6.13. The van der Waals surface area contributed by atoms with Crippen molar-refractivity contribution in [3.63, 3.8) is 0 Å². The lowest BCUT2D eigenvalue weighted by Gasteiger charge is -2.39. The van der Waals surface area contributed by atoms with E-state index < -0.39 is 18.3 Å². The first-order valence-corrected chi connectivity index (χ1v) is 10.2. The zero-order valence-electron chi connectivity index (χ0n) is 16.7. The maximum absolute atomic E-state index is 13.8. The zero-order chi connectivity index (χ0) is 21.4. The Morgan fingerprint density at radius 2 is 1.97 bits per heavy atom. The Bertz CT molecular complexity index is 1180. The van der Waals surface area contributed by atoms with Gasteiger partial charge in [0.2, 0.25) is 0 Å². The summed E-state index contributed by atoms with van der Waals surface area (Å²) in [6, 6.07) is 3.14. The molecule has 0 aliphatic carbocycles. The summed E-state index contributed by atoms with van der Waals surface area (Å²) < 4.78 is 46.3. The predicted molar refractivity (Wildman–Crippen MR) is 108 cm³/mol. The first-order chi connectivity index (χ1) is 15.1. The van der Waals surface area contributed by atoms with Crippen molar-refractivity contribution < 1.29 is 17.9 Å². The monoisotopic (exact) mass is 427 g/mol. The number of nitrogens with zero attached hydrogens (tertiary/aromatic N) is 4. The molecular weight excluding hydrogens is 407 g/mol. The van der Waals surface area contributed by atoms with Gasteiger partial charge in [-0.2, -0.15) is 5.10 Å². The maximum Gasteiger partial charge on any atom is 0.177 e. The molecule has 0 atom stereocenters. The first kappa shape index (κ1) is 19.8. The van der Waals surface area contributed by atoms with Gasteiger partial charge in [0.05, 0.1) is 12.2 Å². The quantitative estimate of drug-likeness (QED) is 0.634. The average molecular weight is 427 g/mol. The Labute approximate surface area is 176 Å². The summed E-state index contributed by atoms with van der Waals surface area (Å²) in [5.41, 5.74) is 1.43. The minimum atomic E-state index is -0.770. The summed E-state index contributed by atoms with van der Waals surface area (Å²) >= 11 is 0. The fraction of sp³-hybridized carbons (Fsp3) is 0.409. The van der Waals surface area contributed by atoms with Crippen LogP contribution in [0.25, 0.3) is 11.2 Å². The van der Waals surface area contributed by atoms with Gasteiger partial charge < -0.3 is 9.64 Å². The summed E-state index contributed by atoms with van der Waals surface area (Å²) in [6.45, 7) is 2.36. The summed E-state index contributed by atoms with van der Waals surface area (Å²) in [5.74, 6) is 4.41. The molecule has 2 aliphatic rings. The number of rotatable bonds is 2. The number of fused-ring (bicyclic) bond motifs is 1. The molecule has 31 heavy (non-hydrogen) atoms. The molecule has 3 aromatic rings. The van der Waals surface area contributed by atoms with Crippen molar-refractivity contribution in [2.24, 2.45) is 5.41 Å². The van der Waals surface area contributed by atoms with Gasteiger partial charge in [-0.15, -0.1) is 0 Å². The van der Waals surface area contributed by atoms with Crippen LogP contribution < -0.4 is 4.90 Å². The summed E-state index contributed by atoms with van der Waals surface area (Å²) in [4.78, 5) is 11.0. The van der Waals surface area contributed by atoms with Crippen LogP contribution in [0.1, 0.15) is 36.2 Å². The van der Waals surface area contributed by atoms with Crippen LogP contribution in [-0.2, 0) is 11.4 Å². The smallest absolute Gasteiger partial charge is 0.177 e. The molecule has 6 nitrogen and oxygen atoms in total. The molecule has 0 bridgehead atoms. The highest BCUT2D eigenvalue weighted by Crippen LogP contribution is 2.40. The highest BCUT2D eigenvalue weighted by molar-refractivity contribution is 5.78. The molecule has 2 fully saturated rings. The summed E-state index contributed by atoms with van der Waals surface area (Å²) in [5, 5.41) is 6.88. The van der Waals surface area contributed by atoms with Crippen molar-refractivity contribution in [1.29, 1.82) is 0 Å². The van der Waals surface area contributed by atoms with E-state index in [1.54, 1.807) is 0 Å². The Hall–Kier alpha value is -3.12. The minimum Gasteiger partial charge on any atom is -0.381 e. The second kappa shape index (κ2) is 7.85. The van der Waals surface area contributed by atoms with Crippen molar-refractivity contribution in [2.75, 3.05) is 31.2 Å². The van der Waals surface area contributed by atoms with Crippen molar-refractivity contribution >= 4 is 17.0 Å².